The SMILES string of the molecule is CC1CNCC(c2cccc3ccccc23)O1. The summed E-state index contributed by atoms with van der Waals surface area (Å²) in [7, 11) is 0. The van der Waals surface area contributed by atoms with Crippen LogP contribution >= 0.6 is 0 Å². The van der Waals surface area contributed by atoms with Gasteiger partial charge in [-0.15, -0.1) is 0 Å². The summed E-state index contributed by atoms with van der Waals surface area (Å²) in [5.74, 6) is 0. The molecule has 17 heavy (non-hydrogen) atoms. The number of hydrogen-bond acceptors (Lipinski definition) is 2. The second-order valence-corrected chi connectivity index (χ2v) is 4.66. The molecule has 2 atom stereocenters. The van der Waals surface area contributed by atoms with Gasteiger partial charge in [-0.05, 0) is 23.3 Å². The van der Waals surface area contributed by atoms with Gasteiger partial charge in [-0.3, -0.25) is 0 Å². The lowest BCUT2D eigenvalue weighted by molar-refractivity contribution is -0.0279. The van der Waals surface area contributed by atoms with Gasteiger partial charge in [0.2, 0.25) is 0 Å². The summed E-state index contributed by atoms with van der Waals surface area (Å²) >= 11 is 0. The van der Waals surface area contributed by atoms with E-state index < -0.39 is 0 Å². The molecule has 0 radical (unpaired) electrons. The molecule has 1 saturated heterocycles. The second-order valence-electron chi connectivity index (χ2n) is 4.66. The lowest BCUT2D eigenvalue weighted by Gasteiger charge is -2.29. The third-order valence-electron chi connectivity index (χ3n) is 3.33. The average molecular weight is 227 g/mol. The Balaban J connectivity index is 2.04. The molecule has 2 nitrogen and oxygen atoms in total. The summed E-state index contributed by atoms with van der Waals surface area (Å²) in [5, 5.41) is 6.01. The fourth-order valence-electron chi connectivity index (χ4n) is 2.51. The van der Waals surface area contributed by atoms with E-state index in [9.17, 15) is 0 Å². The molecular weight excluding hydrogens is 210 g/mol. The minimum atomic E-state index is 0.171. The van der Waals surface area contributed by atoms with Gasteiger partial charge in [-0.25, -0.2) is 0 Å². The molecule has 2 heteroatoms. The van der Waals surface area contributed by atoms with E-state index in [2.05, 4.69) is 54.7 Å². The van der Waals surface area contributed by atoms with E-state index in [-0.39, 0.29) is 12.2 Å². The monoisotopic (exact) mass is 227 g/mol. The molecule has 1 fully saturated rings. The van der Waals surface area contributed by atoms with Crippen LogP contribution in [0.25, 0.3) is 10.8 Å². The van der Waals surface area contributed by atoms with Gasteiger partial charge >= 0.3 is 0 Å². The van der Waals surface area contributed by atoms with Crippen LogP contribution in [0.5, 0.6) is 0 Å². The number of nitrogens with one attached hydrogen (secondary N) is 1. The maximum absolute atomic E-state index is 6.02. The minimum absolute atomic E-state index is 0.171. The van der Waals surface area contributed by atoms with E-state index in [0.29, 0.717) is 0 Å². The first-order valence-corrected chi connectivity index (χ1v) is 6.18. The third-order valence-corrected chi connectivity index (χ3v) is 3.33. The predicted octanol–water partition coefficient (Wildman–Crippen LogP) is 2.89. The van der Waals surface area contributed by atoms with Crippen LogP contribution in [0.15, 0.2) is 42.5 Å². The number of morpholine rings is 1. The van der Waals surface area contributed by atoms with Crippen LogP contribution in [-0.4, -0.2) is 19.2 Å². The molecule has 0 aliphatic carbocycles. The minimum Gasteiger partial charge on any atom is -0.368 e. The van der Waals surface area contributed by atoms with Gasteiger partial charge in [0.1, 0.15) is 0 Å². The van der Waals surface area contributed by atoms with Crippen molar-refractivity contribution in [2.24, 2.45) is 0 Å². The molecule has 1 aliphatic heterocycles. The van der Waals surface area contributed by atoms with Crippen LogP contribution in [0.2, 0.25) is 0 Å². The Hall–Kier alpha value is -1.38. The first-order valence-electron chi connectivity index (χ1n) is 6.18. The Bertz CT molecular complexity index is 518. The van der Waals surface area contributed by atoms with Gasteiger partial charge in [0, 0.05) is 13.1 Å². The number of ether oxygens (including phenoxy) is 1. The van der Waals surface area contributed by atoms with E-state index in [4.69, 9.17) is 4.74 Å². The molecule has 0 saturated carbocycles. The summed E-state index contributed by atoms with van der Waals surface area (Å²) in [4.78, 5) is 0. The van der Waals surface area contributed by atoms with Gasteiger partial charge in [-0.1, -0.05) is 42.5 Å². The lowest BCUT2D eigenvalue weighted by atomic mass is 9.99. The van der Waals surface area contributed by atoms with Gasteiger partial charge in [0.25, 0.3) is 0 Å². The Morgan fingerprint density at radius 1 is 1.06 bits per heavy atom. The topological polar surface area (TPSA) is 21.3 Å². The summed E-state index contributed by atoms with van der Waals surface area (Å²) in [6.07, 6.45) is 0.456. The maximum Gasteiger partial charge on any atom is 0.0959 e. The zero-order chi connectivity index (χ0) is 11.7. The summed E-state index contributed by atoms with van der Waals surface area (Å²) in [6.45, 7) is 3.96. The highest BCUT2D eigenvalue weighted by molar-refractivity contribution is 5.86. The highest BCUT2D eigenvalue weighted by Crippen LogP contribution is 2.28. The molecule has 0 amide bonds. The second kappa shape index (κ2) is 4.47. The molecule has 88 valence electrons. The fourth-order valence-corrected chi connectivity index (χ4v) is 2.51. The van der Waals surface area contributed by atoms with E-state index in [1.807, 2.05) is 0 Å². The molecule has 0 aromatic heterocycles. The first-order chi connectivity index (χ1) is 8.34. The van der Waals surface area contributed by atoms with Crippen LogP contribution in [0.4, 0.5) is 0 Å². The number of hydrogen-bond donors (Lipinski definition) is 1. The number of rotatable bonds is 1. The zero-order valence-corrected chi connectivity index (χ0v) is 10.0. The van der Waals surface area contributed by atoms with E-state index >= 15 is 0 Å². The smallest absolute Gasteiger partial charge is 0.0959 e. The van der Waals surface area contributed by atoms with Gasteiger partial charge in [0.15, 0.2) is 0 Å². The summed E-state index contributed by atoms with van der Waals surface area (Å²) in [5.41, 5.74) is 1.29. The standard InChI is InChI=1S/C15H17NO/c1-11-9-16-10-15(17-11)14-8-4-6-12-5-2-3-7-13(12)14/h2-8,11,15-16H,9-10H2,1H3. The van der Waals surface area contributed by atoms with Gasteiger partial charge < -0.3 is 10.1 Å². The molecule has 0 bridgehead atoms. The Labute approximate surface area is 102 Å². The zero-order valence-electron chi connectivity index (χ0n) is 10.0. The molecule has 3 rings (SSSR count). The largest absolute Gasteiger partial charge is 0.368 e. The maximum atomic E-state index is 6.02. The van der Waals surface area contributed by atoms with Crippen LogP contribution in [0.3, 0.4) is 0 Å². The van der Waals surface area contributed by atoms with Crippen LogP contribution in [-0.2, 0) is 4.74 Å². The van der Waals surface area contributed by atoms with E-state index in [0.717, 1.165) is 13.1 Å². The van der Waals surface area contributed by atoms with Gasteiger partial charge in [-0.2, -0.15) is 0 Å². The predicted molar refractivity (Wildman–Crippen MR) is 70.1 cm³/mol. The molecule has 1 heterocycles. The number of fused-ring (bicyclic) bond motifs is 1. The average Bonchev–Trinajstić information content (AvgIpc) is 2.38. The van der Waals surface area contributed by atoms with Crippen molar-refractivity contribution in [2.45, 2.75) is 19.1 Å². The van der Waals surface area contributed by atoms with Crippen LogP contribution in [0.1, 0.15) is 18.6 Å². The first kappa shape index (κ1) is 10.8. The molecule has 2 aromatic rings. The summed E-state index contributed by atoms with van der Waals surface area (Å²) < 4.78 is 6.02. The fraction of sp³-hybridized carbons (Fsp3) is 0.333. The van der Waals surface area contributed by atoms with Crippen molar-refractivity contribution >= 4 is 10.8 Å². The Morgan fingerprint density at radius 3 is 2.76 bits per heavy atom. The normalized spacial score (nSPS) is 25.0. The van der Waals surface area contributed by atoms with Crippen molar-refractivity contribution in [1.29, 1.82) is 0 Å². The van der Waals surface area contributed by atoms with Crippen molar-refractivity contribution in [2.75, 3.05) is 13.1 Å². The lowest BCUT2D eigenvalue weighted by Crippen LogP contribution is -2.38. The highest BCUT2D eigenvalue weighted by atomic mass is 16.5. The Kier molecular flexibility index (Phi) is 2.83. The quantitative estimate of drug-likeness (QED) is 0.808. The molecule has 2 aromatic carbocycles. The van der Waals surface area contributed by atoms with Crippen LogP contribution < -0.4 is 5.32 Å². The van der Waals surface area contributed by atoms with E-state index in [1.54, 1.807) is 0 Å². The molecule has 1 aliphatic rings. The van der Waals surface area contributed by atoms with Crippen LogP contribution in [0, 0.1) is 0 Å². The van der Waals surface area contributed by atoms with Crippen molar-refractivity contribution in [3.05, 3.63) is 48.0 Å². The van der Waals surface area contributed by atoms with Crippen molar-refractivity contribution in [3.63, 3.8) is 0 Å². The third kappa shape index (κ3) is 2.06. The summed E-state index contributed by atoms with van der Waals surface area (Å²) in [6, 6.07) is 14.9. The molecule has 0 spiro atoms. The Morgan fingerprint density at radius 2 is 1.88 bits per heavy atom. The van der Waals surface area contributed by atoms with E-state index in [1.165, 1.54) is 16.3 Å². The van der Waals surface area contributed by atoms with Crippen molar-refractivity contribution in [1.82, 2.24) is 5.32 Å². The highest BCUT2D eigenvalue weighted by Gasteiger charge is 2.21. The van der Waals surface area contributed by atoms with Crippen molar-refractivity contribution in [3.8, 4) is 0 Å². The molecular formula is C15H17NO. The molecule has 2 unspecified atom stereocenters. The molecule has 1 N–H and O–H groups in total. The van der Waals surface area contributed by atoms with Gasteiger partial charge in [0.05, 0.1) is 12.2 Å². The van der Waals surface area contributed by atoms with Crippen molar-refractivity contribution < 1.29 is 4.74 Å². The number of benzene rings is 2.